The second-order valence-corrected chi connectivity index (χ2v) is 4.56. The fourth-order valence-electron chi connectivity index (χ4n) is 1.65. The molecule has 0 aliphatic carbocycles. The van der Waals surface area contributed by atoms with Crippen LogP contribution in [-0.4, -0.2) is 18.2 Å². The van der Waals surface area contributed by atoms with E-state index in [2.05, 4.69) is 0 Å². The molecule has 0 spiro atoms. The van der Waals surface area contributed by atoms with Crippen LogP contribution in [0.4, 0.5) is 0 Å². The largest absolute Gasteiger partial charge is 0.492 e. The van der Waals surface area contributed by atoms with E-state index in [1.165, 1.54) is 6.92 Å². The third kappa shape index (κ3) is 3.84. The monoisotopic (exact) mass is 268 g/mol. The number of hydrogen-bond acceptors (Lipinski definition) is 3. The lowest BCUT2D eigenvalue weighted by molar-refractivity contribution is -0.116. The standard InChI is InChI=1S/C14H17ClO3/c1-4-18-14-7-9(2)11(8-12(14)15)13(17)6-5-10(3)16/h7-8H,4-6H2,1-3H3. The number of rotatable bonds is 6. The normalized spacial score (nSPS) is 10.2. The number of halogens is 1. The Kier molecular flexibility index (Phi) is 5.35. The van der Waals surface area contributed by atoms with Crippen LogP contribution in [0.25, 0.3) is 0 Å². The molecule has 0 saturated heterocycles. The average Bonchev–Trinajstić information content (AvgIpc) is 2.30. The molecular formula is C14H17ClO3. The molecule has 0 saturated carbocycles. The SMILES string of the molecule is CCOc1cc(C)c(C(=O)CCC(C)=O)cc1Cl. The summed E-state index contributed by atoms with van der Waals surface area (Å²) in [5.41, 5.74) is 1.38. The van der Waals surface area contributed by atoms with Gasteiger partial charge in [-0.15, -0.1) is 0 Å². The first-order chi connectivity index (χ1) is 8.45. The van der Waals surface area contributed by atoms with Crippen molar-refractivity contribution in [1.82, 2.24) is 0 Å². The van der Waals surface area contributed by atoms with Gasteiger partial charge in [0.1, 0.15) is 11.5 Å². The minimum atomic E-state index is -0.0624. The lowest BCUT2D eigenvalue weighted by atomic mass is 10.0. The second-order valence-electron chi connectivity index (χ2n) is 4.16. The van der Waals surface area contributed by atoms with E-state index in [0.29, 0.717) is 22.9 Å². The minimum absolute atomic E-state index is 0.0121. The average molecular weight is 269 g/mol. The molecule has 0 aliphatic heterocycles. The number of ether oxygens (including phenoxy) is 1. The van der Waals surface area contributed by atoms with Crippen molar-refractivity contribution in [1.29, 1.82) is 0 Å². The summed E-state index contributed by atoms with van der Waals surface area (Å²) < 4.78 is 5.35. The highest BCUT2D eigenvalue weighted by molar-refractivity contribution is 6.32. The van der Waals surface area contributed by atoms with Gasteiger partial charge in [0.2, 0.25) is 0 Å². The molecule has 1 aromatic carbocycles. The number of hydrogen-bond donors (Lipinski definition) is 0. The Hall–Kier alpha value is -1.35. The topological polar surface area (TPSA) is 43.4 Å². The van der Waals surface area contributed by atoms with Crippen LogP contribution in [0.3, 0.4) is 0 Å². The number of benzene rings is 1. The molecule has 0 amide bonds. The minimum Gasteiger partial charge on any atom is -0.492 e. The smallest absolute Gasteiger partial charge is 0.163 e. The summed E-state index contributed by atoms with van der Waals surface area (Å²) >= 11 is 6.04. The van der Waals surface area contributed by atoms with Crippen LogP contribution in [0.15, 0.2) is 12.1 Å². The lowest BCUT2D eigenvalue weighted by Gasteiger charge is -2.10. The summed E-state index contributed by atoms with van der Waals surface area (Å²) in [6, 6.07) is 3.37. The molecule has 4 heteroatoms. The Morgan fingerprint density at radius 3 is 2.50 bits per heavy atom. The first-order valence-corrected chi connectivity index (χ1v) is 6.29. The highest BCUT2D eigenvalue weighted by Gasteiger charge is 2.13. The molecule has 0 bridgehead atoms. The van der Waals surface area contributed by atoms with Crippen molar-refractivity contribution in [2.24, 2.45) is 0 Å². The van der Waals surface area contributed by atoms with Crippen LogP contribution >= 0.6 is 11.6 Å². The van der Waals surface area contributed by atoms with Crippen molar-refractivity contribution in [3.63, 3.8) is 0 Å². The highest BCUT2D eigenvalue weighted by atomic mass is 35.5. The first kappa shape index (κ1) is 14.7. The first-order valence-electron chi connectivity index (χ1n) is 5.91. The molecule has 1 aromatic rings. The number of Topliss-reactive ketones (excluding diaryl/α,β-unsaturated/α-hetero) is 2. The fraction of sp³-hybridized carbons (Fsp3) is 0.429. The summed E-state index contributed by atoms with van der Waals surface area (Å²) in [4.78, 5) is 22.8. The van der Waals surface area contributed by atoms with Gasteiger partial charge in [-0.3, -0.25) is 4.79 Å². The predicted molar refractivity (Wildman–Crippen MR) is 71.6 cm³/mol. The van der Waals surface area contributed by atoms with Crippen LogP contribution in [0, 0.1) is 6.92 Å². The molecule has 0 heterocycles. The van der Waals surface area contributed by atoms with Crippen LogP contribution in [0.1, 0.15) is 42.6 Å². The molecule has 3 nitrogen and oxygen atoms in total. The maximum atomic E-state index is 11.9. The summed E-state index contributed by atoms with van der Waals surface area (Å²) in [6.45, 7) is 5.71. The van der Waals surface area contributed by atoms with E-state index in [-0.39, 0.29) is 24.4 Å². The van der Waals surface area contributed by atoms with Crippen LogP contribution < -0.4 is 4.74 Å². The Balaban J connectivity index is 2.93. The third-order valence-corrected chi connectivity index (χ3v) is 2.88. The molecule has 0 atom stereocenters. The molecule has 0 fully saturated rings. The summed E-state index contributed by atoms with van der Waals surface area (Å²) in [6.07, 6.45) is 0.490. The van der Waals surface area contributed by atoms with Crippen molar-refractivity contribution in [2.45, 2.75) is 33.6 Å². The van der Waals surface area contributed by atoms with Crippen molar-refractivity contribution < 1.29 is 14.3 Å². The van der Waals surface area contributed by atoms with E-state index in [1.54, 1.807) is 12.1 Å². The van der Waals surface area contributed by atoms with E-state index in [4.69, 9.17) is 16.3 Å². The van der Waals surface area contributed by atoms with Gasteiger partial charge in [0.05, 0.1) is 11.6 Å². The van der Waals surface area contributed by atoms with Gasteiger partial charge in [0, 0.05) is 18.4 Å². The van der Waals surface area contributed by atoms with Crippen molar-refractivity contribution in [2.75, 3.05) is 6.61 Å². The summed E-state index contributed by atoms with van der Waals surface area (Å²) in [5, 5.41) is 0.425. The van der Waals surface area contributed by atoms with Crippen LogP contribution in [0.2, 0.25) is 5.02 Å². The van der Waals surface area contributed by atoms with Gasteiger partial charge >= 0.3 is 0 Å². The van der Waals surface area contributed by atoms with Gasteiger partial charge in [-0.1, -0.05) is 11.6 Å². The number of carbonyl (C=O) groups is 2. The number of aryl methyl sites for hydroxylation is 1. The second kappa shape index (κ2) is 6.55. The van der Waals surface area contributed by atoms with E-state index in [0.717, 1.165) is 5.56 Å². The van der Waals surface area contributed by atoms with Gasteiger partial charge < -0.3 is 9.53 Å². The van der Waals surface area contributed by atoms with Crippen LogP contribution in [0.5, 0.6) is 5.75 Å². The van der Waals surface area contributed by atoms with E-state index in [9.17, 15) is 9.59 Å². The van der Waals surface area contributed by atoms with E-state index in [1.807, 2.05) is 13.8 Å². The Bertz CT molecular complexity index is 466. The highest BCUT2D eigenvalue weighted by Crippen LogP contribution is 2.29. The molecule has 1 rings (SSSR count). The maximum Gasteiger partial charge on any atom is 0.163 e. The number of ketones is 2. The van der Waals surface area contributed by atoms with Gasteiger partial charge in [0.15, 0.2) is 5.78 Å². The lowest BCUT2D eigenvalue weighted by Crippen LogP contribution is -2.05. The zero-order valence-electron chi connectivity index (χ0n) is 10.9. The van der Waals surface area contributed by atoms with Crippen molar-refractivity contribution >= 4 is 23.2 Å². The van der Waals surface area contributed by atoms with E-state index < -0.39 is 0 Å². The van der Waals surface area contributed by atoms with E-state index >= 15 is 0 Å². The van der Waals surface area contributed by atoms with Crippen molar-refractivity contribution in [3.8, 4) is 5.75 Å². The molecule has 0 unspecified atom stereocenters. The maximum absolute atomic E-state index is 11.9. The Labute approximate surface area is 112 Å². The van der Waals surface area contributed by atoms with Crippen molar-refractivity contribution in [3.05, 3.63) is 28.3 Å². The molecule has 0 aliphatic rings. The third-order valence-electron chi connectivity index (χ3n) is 2.58. The van der Waals surface area contributed by atoms with Gasteiger partial charge in [0.25, 0.3) is 0 Å². The fourth-order valence-corrected chi connectivity index (χ4v) is 1.86. The predicted octanol–water partition coefficient (Wildman–Crippen LogP) is 3.60. The molecule has 18 heavy (non-hydrogen) atoms. The number of carbonyl (C=O) groups excluding carboxylic acids is 2. The molecule has 0 radical (unpaired) electrons. The van der Waals surface area contributed by atoms with Gasteiger partial charge in [-0.2, -0.15) is 0 Å². The quantitative estimate of drug-likeness (QED) is 0.741. The molecule has 98 valence electrons. The summed E-state index contributed by atoms with van der Waals surface area (Å²) in [5.74, 6) is 0.533. The van der Waals surface area contributed by atoms with Crippen LogP contribution in [-0.2, 0) is 4.79 Å². The zero-order valence-corrected chi connectivity index (χ0v) is 11.6. The summed E-state index contributed by atoms with van der Waals surface area (Å²) in [7, 11) is 0. The van der Waals surface area contributed by atoms with Gasteiger partial charge in [-0.05, 0) is 38.5 Å². The molecule has 0 N–H and O–H groups in total. The Morgan fingerprint density at radius 1 is 1.28 bits per heavy atom. The zero-order chi connectivity index (χ0) is 13.7. The molecular weight excluding hydrogens is 252 g/mol. The van der Waals surface area contributed by atoms with Gasteiger partial charge in [-0.25, -0.2) is 0 Å². The Morgan fingerprint density at radius 2 is 1.94 bits per heavy atom. The molecule has 0 aromatic heterocycles.